The van der Waals surface area contributed by atoms with Gasteiger partial charge in [0, 0.05) is 24.9 Å². The highest BCUT2D eigenvalue weighted by atomic mass is 32.2. The molecule has 0 heterocycles. The monoisotopic (exact) mass is 232 g/mol. The number of thioether (sulfide) groups is 1. The van der Waals surface area contributed by atoms with Crippen LogP contribution in [0.5, 0.6) is 0 Å². The number of nitrogens with zero attached hydrogens (tertiary/aromatic N) is 1. The summed E-state index contributed by atoms with van der Waals surface area (Å²) < 4.78 is 0. The van der Waals surface area contributed by atoms with Crippen molar-refractivity contribution in [1.82, 2.24) is 10.2 Å². The van der Waals surface area contributed by atoms with Crippen molar-refractivity contribution in [2.24, 2.45) is 0 Å². The molecule has 0 rings (SSSR count). The van der Waals surface area contributed by atoms with E-state index in [2.05, 4.69) is 32.3 Å². The first-order valence-corrected chi connectivity index (χ1v) is 6.90. The van der Waals surface area contributed by atoms with E-state index < -0.39 is 0 Å². The molecule has 15 heavy (non-hydrogen) atoms. The summed E-state index contributed by atoms with van der Waals surface area (Å²) in [6.07, 6.45) is 3.11. The Morgan fingerprint density at radius 3 is 2.53 bits per heavy atom. The van der Waals surface area contributed by atoms with Crippen molar-refractivity contribution in [1.29, 1.82) is 0 Å². The lowest BCUT2D eigenvalue weighted by Crippen LogP contribution is -2.43. The van der Waals surface area contributed by atoms with Gasteiger partial charge < -0.3 is 10.2 Å². The van der Waals surface area contributed by atoms with E-state index in [-0.39, 0.29) is 5.91 Å². The van der Waals surface area contributed by atoms with E-state index >= 15 is 0 Å². The van der Waals surface area contributed by atoms with E-state index in [1.54, 1.807) is 11.8 Å². The quantitative estimate of drug-likeness (QED) is 0.723. The van der Waals surface area contributed by atoms with Gasteiger partial charge in [0.2, 0.25) is 5.91 Å². The van der Waals surface area contributed by atoms with Crippen LogP contribution in [0.2, 0.25) is 0 Å². The van der Waals surface area contributed by atoms with Crippen LogP contribution < -0.4 is 5.32 Å². The van der Waals surface area contributed by atoms with Crippen molar-refractivity contribution in [3.8, 4) is 0 Å². The molecule has 0 bridgehead atoms. The molecule has 0 saturated carbocycles. The molecule has 2 unspecified atom stereocenters. The molecular weight excluding hydrogens is 208 g/mol. The van der Waals surface area contributed by atoms with Gasteiger partial charge in [0.15, 0.2) is 0 Å². The zero-order chi connectivity index (χ0) is 11.8. The number of carbonyl (C=O) groups is 1. The lowest BCUT2D eigenvalue weighted by atomic mass is 10.2. The normalized spacial score (nSPS) is 14.7. The average molecular weight is 232 g/mol. The molecule has 0 aromatic heterocycles. The molecule has 0 aromatic carbocycles. The largest absolute Gasteiger partial charge is 0.341 e. The van der Waals surface area contributed by atoms with Gasteiger partial charge in [-0.2, -0.15) is 11.8 Å². The fourth-order valence-electron chi connectivity index (χ4n) is 1.13. The molecule has 0 saturated heterocycles. The minimum Gasteiger partial charge on any atom is -0.341 e. The van der Waals surface area contributed by atoms with Crippen molar-refractivity contribution < 1.29 is 4.79 Å². The molecule has 0 spiro atoms. The Balaban J connectivity index is 3.88. The Labute approximate surface area is 98.0 Å². The van der Waals surface area contributed by atoms with Gasteiger partial charge in [0.25, 0.3) is 0 Å². The molecule has 1 amide bonds. The highest BCUT2D eigenvalue weighted by Gasteiger charge is 2.15. The first kappa shape index (κ1) is 14.8. The third-order valence-corrected chi connectivity index (χ3v) is 3.49. The summed E-state index contributed by atoms with van der Waals surface area (Å²) in [4.78, 5) is 13.6. The van der Waals surface area contributed by atoms with Crippen LogP contribution in [0.25, 0.3) is 0 Å². The maximum atomic E-state index is 11.7. The number of hydrogen-bond acceptors (Lipinski definition) is 3. The average Bonchev–Trinajstić information content (AvgIpc) is 2.24. The molecule has 0 aliphatic rings. The first-order chi connectivity index (χ1) is 7.02. The SMILES string of the molecule is CCC(C)NCC(=O)N(C)C(C)CSC. The zero-order valence-corrected chi connectivity index (χ0v) is 11.4. The lowest BCUT2D eigenvalue weighted by molar-refractivity contribution is -0.130. The molecule has 3 nitrogen and oxygen atoms in total. The molecule has 0 aliphatic carbocycles. The minimum atomic E-state index is 0.178. The Morgan fingerprint density at radius 2 is 2.07 bits per heavy atom. The molecule has 0 aliphatic heterocycles. The molecule has 0 radical (unpaired) electrons. The van der Waals surface area contributed by atoms with Crippen molar-refractivity contribution in [3.63, 3.8) is 0 Å². The van der Waals surface area contributed by atoms with Gasteiger partial charge in [-0.1, -0.05) is 6.92 Å². The van der Waals surface area contributed by atoms with Gasteiger partial charge in [-0.3, -0.25) is 4.79 Å². The van der Waals surface area contributed by atoms with E-state index in [0.717, 1.165) is 12.2 Å². The number of amides is 1. The Bertz CT molecular complexity index is 187. The number of rotatable bonds is 7. The van der Waals surface area contributed by atoms with E-state index in [1.807, 2.05) is 11.9 Å². The van der Waals surface area contributed by atoms with Gasteiger partial charge in [0.1, 0.15) is 0 Å². The summed E-state index contributed by atoms with van der Waals surface area (Å²) in [5.41, 5.74) is 0. The maximum absolute atomic E-state index is 11.7. The fourth-order valence-corrected chi connectivity index (χ4v) is 1.84. The van der Waals surface area contributed by atoms with Crippen LogP contribution in [-0.2, 0) is 4.79 Å². The minimum absolute atomic E-state index is 0.178. The van der Waals surface area contributed by atoms with E-state index in [0.29, 0.717) is 18.6 Å². The van der Waals surface area contributed by atoms with E-state index in [9.17, 15) is 4.79 Å². The van der Waals surface area contributed by atoms with Gasteiger partial charge in [0.05, 0.1) is 6.54 Å². The van der Waals surface area contributed by atoms with Gasteiger partial charge in [-0.25, -0.2) is 0 Å². The zero-order valence-electron chi connectivity index (χ0n) is 10.5. The number of nitrogens with one attached hydrogen (secondary N) is 1. The van der Waals surface area contributed by atoms with E-state index in [4.69, 9.17) is 0 Å². The summed E-state index contributed by atoms with van der Waals surface area (Å²) in [5, 5.41) is 3.21. The maximum Gasteiger partial charge on any atom is 0.236 e. The molecule has 2 atom stereocenters. The van der Waals surface area contributed by atoms with Gasteiger partial charge >= 0.3 is 0 Å². The summed E-state index contributed by atoms with van der Waals surface area (Å²) in [5.74, 6) is 1.17. The summed E-state index contributed by atoms with van der Waals surface area (Å²) in [7, 11) is 1.88. The van der Waals surface area contributed by atoms with Crippen LogP contribution in [0.15, 0.2) is 0 Å². The third kappa shape index (κ3) is 6.05. The second-order valence-corrected chi connectivity index (χ2v) is 4.91. The van der Waals surface area contributed by atoms with E-state index in [1.165, 1.54) is 0 Å². The highest BCUT2D eigenvalue weighted by Crippen LogP contribution is 2.03. The third-order valence-electron chi connectivity index (χ3n) is 2.68. The van der Waals surface area contributed by atoms with Crippen LogP contribution in [0, 0.1) is 0 Å². The summed E-state index contributed by atoms with van der Waals surface area (Å²) in [6.45, 7) is 6.74. The van der Waals surface area contributed by atoms with Gasteiger partial charge in [-0.05, 0) is 26.5 Å². The Morgan fingerprint density at radius 1 is 1.47 bits per heavy atom. The van der Waals surface area contributed by atoms with Crippen LogP contribution >= 0.6 is 11.8 Å². The Kier molecular flexibility index (Phi) is 7.88. The summed E-state index contributed by atoms with van der Waals surface area (Å²) >= 11 is 1.77. The topological polar surface area (TPSA) is 32.3 Å². The molecule has 4 heteroatoms. The Hall–Kier alpha value is -0.220. The van der Waals surface area contributed by atoms with Crippen LogP contribution in [0.4, 0.5) is 0 Å². The number of likely N-dealkylation sites (N-methyl/N-ethyl adjacent to an activating group) is 1. The first-order valence-electron chi connectivity index (χ1n) is 5.50. The molecular formula is C11H24N2OS. The van der Waals surface area contributed by atoms with Gasteiger partial charge in [-0.15, -0.1) is 0 Å². The predicted molar refractivity (Wildman–Crippen MR) is 68.4 cm³/mol. The smallest absolute Gasteiger partial charge is 0.236 e. The van der Waals surface area contributed by atoms with Crippen LogP contribution in [0.1, 0.15) is 27.2 Å². The van der Waals surface area contributed by atoms with Crippen molar-refractivity contribution in [3.05, 3.63) is 0 Å². The second-order valence-electron chi connectivity index (χ2n) is 4.00. The lowest BCUT2D eigenvalue weighted by Gasteiger charge is -2.25. The second kappa shape index (κ2) is 7.99. The number of hydrogen-bond donors (Lipinski definition) is 1. The molecule has 1 N–H and O–H groups in total. The van der Waals surface area contributed by atoms with Crippen LogP contribution in [-0.4, -0.2) is 48.5 Å². The van der Waals surface area contributed by atoms with Crippen LogP contribution in [0.3, 0.4) is 0 Å². The molecule has 90 valence electrons. The van der Waals surface area contributed by atoms with Crippen molar-refractivity contribution in [2.75, 3.05) is 25.6 Å². The fraction of sp³-hybridized carbons (Fsp3) is 0.909. The summed E-state index contributed by atoms with van der Waals surface area (Å²) in [6, 6.07) is 0.726. The predicted octanol–water partition coefficient (Wildman–Crippen LogP) is 1.58. The highest BCUT2D eigenvalue weighted by molar-refractivity contribution is 7.98. The number of carbonyl (C=O) groups excluding carboxylic acids is 1. The molecule has 0 fully saturated rings. The molecule has 0 aromatic rings. The van der Waals surface area contributed by atoms with Crippen molar-refractivity contribution in [2.45, 2.75) is 39.3 Å². The standard InChI is InChI=1S/C11H24N2OS/c1-6-9(2)12-7-11(14)13(4)10(3)8-15-5/h9-10,12H,6-8H2,1-5H3. The van der Waals surface area contributed by atoms with Crippen molar-refractivity contribution >= 4 is 17.7 Å².